The van der Waals surface area contributed by atoms with Crippen LogP contribution < -0.4 is 10.4 Å². The minimum atomic E-state index is -1.85. The molecule has 1 nitrogen and oxygen atoms in total. The Morgan fingerprint density at radius 1 is 0.867 bits per heavy atom. The predicted molar refractivity (Wildman–Crippen MR) is 138 cm³/mol. The molecule has 2 aromatic rings. The highest BCUT2D eigenvalue weighted by Crippen LogP contribution is 2.28. The van der Waals surface area contributed by atoms with Crippen LogP contribution in [0.15, 0.2) is 84.6 Å². The minimum absolute atomic E-state index is 0.266. The van der Waals surface area contributed by atoms with Crippen molar-refractivity contribution < 1.29 is 4.79 Å². The largest absolute Gasteiger partial charge is 0.299 e. The molecule has 0 aliphatic carbocycles. The van der Waals surface area contributed by atoms with Crippen molar-refractivity contribution in [1.82, 2.24) is 0 Å². The molecule has 0 radical (unpaired) electrons. The Morgan fingerprint density at radius 3 is 1.87 bits per heavy atom. The summed E-state index contributed by atoms with van der Waals surface area (Å²) in [5, 5.41) is 3.92. The van der Waals surface area contributed by atoms with Crippen LogP contribution in [0.25, 0.3) is 0 Å². The van der Waals surface area contributed by atoms with Crippen molar-refractivity contribution in [2.75, 3.05) is 0 Å². The Labute approximate surface area is 186 Å². The van der Waals surface area contributed by atoms with E-state index in [1.165, 1.54) is 15.9 Å². The molecule has 1 unspecified atom stereocenters. The molecule has 0 saturated carbocycles. The fraction of sp³-hybridized carbons (Fsp3) is 0.370. The third kappa shape index (κ3) is 6.26. The van der Waals surface area contributed by atoms with Crippen LogP contribution >= 0.6 is 0 Å². The number of benzene rings is 2. The summed E-state index contributed by atoms with van der Waals surface area (Å²) in [6.07, 6.45) is 2.06. The van der Waals surface area contributed by atoms with E-state index in [4.69, 9.17) is 0 Å². The van der Waals surface area contributed by atoms with Gasteiger partial charge in [0, 0.05) is 12.8 Å². The van der Waals surface area contributed by atoms with Crippen LogP contribution in [0.3, 0.4) is 0 Å². The van der Waals surface area contributed by atoms with Crippen LogP contribution in [0.1, 0.15) is 26.2 Å². The zero-order valence-corrected chi connectivity index (χ0v) is 21.5. The van der Waals surface area contributed by atoms with Crippen LogP contribution in [0.4, 0.5) is 0 Å². The average molecular weight is 435 g/mol. The highest BCUT2D eigenvalue weighted by molar-refractivity contribution is 6.95. The van der Waals surface area contributed by atoms with E-state index in [0.717, 1.165) is 17.7 Å². The molecule has 0 aliphatic heterocycles. The third-order valence-corrected chi connectivity index (χ3v) is 13.5. The summed E-state index contributed by atoms with van der Waals surface area (Å²) < 4.78 is 0. The number of hydrogen-bond acceptors (Lipinski definition) is 1. The van der Waals surface area contributed by atoms with Gasteiger partial charge in [0.1, 0.15) is 13.9 Å². The van der Waals surface area contributed by atoms with Gasteiger partial charge in [-0.05, 0) is 18.4 Å². The van der Waals surface area contributed by atoms with Crippen molar-refractivity contribution in [2.24, 2.45) is 5.92 Å². The third-order valence-electron chi connectivity index (χ3n) is 6.56. The quantitative estimate of drug-likeness (QED) is 0.302. The zero-order chi connectivity index (χ0) is 22.4. The van der Waals surface area contributed by atoms with Gasteiger partial charge in [-0.1, -0.05) is 121 Å². The van der Waals surface area contributed by atoms with Gasteiger partial charge in [0.25, 0.3) is 0 Å². The highest BCUT2D eigenvalue weighted by Gasteiger charge is 2.30. The summed E-state index contributed by atoms with van der Waals surface area (Å²) in [6, 6.07) is 22.4. The number of carbonyl (C=O) groups is 1. The first-order chi connectivity index (χ1) is 14.1. The molecule has 2 rings (SSSR count). The van der Waals surface area contributed by atoms with Crippen LogP contribution in [0.5, 0.6) is 0 Å². The fourth-order valence-electron chi connectivity index (χ4n) is 4.15. The van der Waals surface area contributed by atoms with E-state index < -0.39 is 16.1 Å². The van der Waals surface area contributed by atoms with Crippen LogP contribution in [-0.2, 0) is 4.79 Å². The van der Waals surface area contributed by atoms with Gasteiger partial charge in [-0.15, -0.1) is 6.58 Å². The van der Waals surface area contributed by atoms with E-state index in [9.17, 15) is 4.79 Å². The molecular weight excluding hydrogens is 396 g/mol. The van der Waals surface area contributed by atoms with Gasteiger partial charge in [0.05, 0.1) is 8.07 Å². The second-order valence-corrected chi connectivity index (χ2v) is 18.9. The highest BCUT2D eigenvalue weighted by atomic mass is 28.3. The Balaban J connectivity index is 2.00. The Kier molecular flexibility index (Phi) is 8.39. The number of rotatable bonds is 11. The SMILES string of the molecule is C=C(C[Si](C)(C)c1ccccc1)C(CC)CC(=O)CC(=C)[Si](C)(C)c1ccccc1. The molecule has 0 amide bonds. The van der Waals surface area contributed by atoms with Crippen LogP contribution in [0, 0.1) is 5.92 Å². The zero-order valence-electron chi connectivity index (χ0n) is 19.5. The molecule has 0 N–H and O–H groups in total. The van der Waals surface area contributed by atoms with E-state index in [-0.39, 0.29) is 5.92 Å². The first-order valence-corrected chi connectivity index (χ1v) is 17.3. The number of hydrogen-bond donors (Lipinski definition) is 0. The normalized spacial score (nSPS) is 13.0. The number of Topliss-reactive ketones (excluding diaryl/α,β-unsaturated/α-hetero) is 1. The van der Waals surface area contributed by atoms with Gasteiger partial charge in [-0.2, -0.15) is 0 Å². The second kappa shape index (κ2) is 10.4. The molecule has 0 saturated heterocycles. The Morgan fingerprint density at radius 2 is 1.37 bits per heavy atom. The molecular formula is C27H38OSi2. The maximum absolute atomic E-state index is 13.0. The van der Waals surface area contributed by atoms with Gasteiger partial charge in [-0.25, -0.2) is 0 Å². The second-order valence-electron chi connectivity index (χ2n) is 9.70. The Bertz CT molecular complexity index is 866. The molecule has 0 aromatic heterocycles. The summed E-state index contributed by atoms with van der Waals surface area (Å²) in [4.78, 5) is 13.0. The van der Waals surface area contributed by atoms with E-state index in [1.54, 1.807) is 0 Å². The number of ketones is 1. The van der Waals surface area contributed by atoms with E-state index in [1.807, 2.05) is 6.07 Å². The molecule has 0 spiro atoms. The van der Waals surface area contributed by atoms with Gasteiger partial charge in [0.2, 0.25) is 0 Å². The maximum atomic E-state index is 13.0. The monoisotopic (exact) mass is 434 g/mol. The summed E-state index contributed by atoms with van der Waals surface area (Å²) >= 11 is 0. The molecule has 3 heteroatoms. The Hall–Kier alpha value is -1.98. The van der Waals surface area contributed by atoms with E-state index >= 15 is 0 Å². The van der Waals surface area contributed by atoms with Crippen molar-refractivity contribution >= 4 is 32.3 Å². The lowest BCUT2D eigenvalue weighted by Gasteiger charge is -2.28. The van der Waals surface area contributed by atoms with Crippen molar-refractivity contribution in [3.8, 4) is 0 Å². The van der Waals surface area contributed by atoms with E-state index in [2.05, 4.69) is 101 Å². The molecule has 1 atom stereocenters. The van der Waals surface area contributed by atoms with Crippen molar-refractivity contribution in [1.29, 1.82) is 0 Å². The van der Waals surface area contributed by atoms with Gasteiger partial charge in [-0.3, -0.25) is 4.79 Å². The number of carbonyl (C=O) groups excluding carboxylic acids is 1. The molecule has 2 aromatic carbocycles. The lowest BCUT2D eigenvalue weighted by molar-refractivity contribution is -0.119. The van der Waals surface area contributed by atoms with Crippen molar-refractivity contribution in [3.63, 3.8) is 0 Å². The van der Waals surface area contributed by atoms with E-state index in [0.29, 0.717) is 18.6 Å². The van der Waals surface area contributed by atoms with Gasteiger partial charge >= 0.3 is 0 Å². The van der Waals surface area contributed by atoms with Crippen molar-refractivity contribution in [2.45, 2.75) is 58.4 Å². The summed E-state index contributed by atoms with van der Waals surface area (Å²) in [5.74, 6) is 0.575. The van der Waals surface area contributed by atoms with Gasteiger partial charge < -0.3 is 0 Å². The first kappa shape index (κ1) is 24.3. The molecule has 160 valence electrons. The topological polar surface area (TPSA) is 17.1 Å². The summed E-state index contributed by atoms with van der Waals surface area (Å²) in [7, 11) is -3.45. The molecule has 0 aliphatic rings. The maximum Gasteiger partial charge on any atom is 0.137 e. The van der Waals surface area contributed by atoms with Gasteiger partial charge in [0.15, 0.2) is 0 Å². The molecule has 0 fully saturated rings. The average Bonchev–Trinajstić information content (AvgIpc) is 2.72. The predicted octanol–water partition coefficient (Wildman–Crippen LogP) is 6.24. The summed E-state index contributed by atoms with van der Waals surface area (Å²) in [6.45, 7) is 20.3. The van der Waals surface area contributed by atoms with Crippen LogP contribution in [-0.4, -0.2) is 21.9 Å². The standard InChI is InChI=1S/C27H38OSi2/c1-8-24(22(2)21-29(4,5)26-15-11-9-12-16-26)20-25(28)19-23(3)30(6,7)27-17-13-10-14-18-27/h9-18,24H,2-3,8,19-21H2,1,4-7H3. The molecule has 30 heavy (non-hydrogen) atoms. The lowest BCUT2D eigenvalue weighted by Crippen LogP contribution is -2.44. The molecule has 0 heterocycles. The summed E-state index contributed by atoms with van der Waals surface area (Å²) in [5.41, 5.74) is 1.25. The lowest BCUT2D eigenvalue weighted by atomic mass is 9.92. The van der Waals surface area contributed by atoms with Crippen LogP contribution in [0.2, 0.25) is 32.2 Å². The fourth-order valence-corrected chi connectivity index (χ4v) is 8.94. The number of allylic oxidation sites excluding steroid dienone is 2. The smallest absolute Gasteiger partial charge is 0.137 e. The van der Waals surface area contributed by atoms with Crippen molar-refractivity contribution in [3.05, 3.63) is 84.6 Å². The minimum Gasteiger partial charge on any atom is -0.299 e. The molecule has 0 bridgehead atoms. The first-order valence-electron chi connectivity index (χ1n) is 11.1.